The van der Waals surface area contributed by atoms with E-state index in [1.165, 1.54) is 11.8 Å². The largest absolute Gasteiger partial charge is 0.497 e. The van der Waals surface area contributed by atoms with Gasteiger partial charge in [-0.15, -0.1) is 11.8 Å². The quantitative estimate of drug-likeness (QED) is 0.626. The Labute approximate surface area is 117 Å². The highest BCUT2D eigenvalue weighted by Crippen LogP contribution is 2.27. The van der Waals surface area contributed by atoms with E-state index >= 15 is 0 Å². The molecule has 0 aliphatic heterocycles. The van der Waals surface area contributed by atoms with Crippen LogP contribution in [0.15, 0.2) is 23.1 Å². The molecule has 0 saturated heterocycles. The van der Waals surface area contributed by atoms with Gasteiger partial charge in [0.25, 0.3) is 0 Å². The van der Waals surface area contributed by atoms with Crippen molar-refractivity contribution in [3.8, 4) is 11.8 Å². The number of carbonyl (C=O) groups excluding carboxylic acids is 1. The highest BCUT2D eigenvalue weighted by Gasteiger charge is 2.17. The van der Waals surface area contributed by atoms with Crippen LogP contribution in [-0.2, 0) is 9.53 Å². The molecule has 0 unspecified atom stereocenters. The molecule has 19 heavy (non-hydrogen) atoms. The van der Waals surface area contributed by atoms with Crippen LogP contribution >= 0.6 is 11.8 Å². The van der Waals surface area contributed by atoms with E-state index in [0.29, 0.717) is 16.2 Å². The Morgan fingerprint density at radius 2 is 2.11 bits per heavy atom. The van der Waals surface area contributed by atoms with Gasteiger partial charge in [0.1, 0.15) is 17.4 Å². The van der Waals surface area contributed by atoms with Crippen molar-refractivity contribution in [1.29, 1.82) is 5.26 Å². The molecule has 0 radical (unpaired) electrons. The molecule has 4 nitrogen and oxygen atoms in total. The van der Waals surface area contributed by atoms with Crippen molar-refractivity contribution in [3.05, 3.63) is 23.8 Å². The Morgan fingerprint density at radius 1 is 1.42 bits per heavy atom. The summed E-state index contributed by atoms with van der Waals surface area (Å²) in [5, 5.41) is 9.01. The number of hydrogen-bond acceptors (Lipinski definition) is 5. The lowest BCUT2D eigenvalue weighted by Crippen LogP contribution is -2.24. The van der Waals surface area contributed by atoms with E-state index in [-0.39, 0.29) is 11.7 Å². The van der Waals surface area contributed by atoms with Gasteiger partial charge in [-0.3, -0.25) is 4.79 Å². The summed E-state index contributed by atoms with van der Waals surface area (Å²) in [5.41, 5.74) is 0.0266. The summed E-state index contributed by atoms with van der Waals surface area (Å²) in [6, 6.07) is 7.23. The number of nitrogens with zero attached hydrogens (tertiary/aromatic N) is 1. The highest BCUT2D eigenvalue weighted by atomic mass is 32.2. The fourth-order valence-corrected chi connectivity index (χ4v) is 2.15. The molecule has 0 heterocycles. The molecule has 1 rings (SSSR count). The van der Waals surface area contributed by atoms with E-state index in [9.17, 15) is 4.79 Å². The van der Waals surface area contributed by atoms with Gasteiger partial charge in [-0.25, -0.2) is 0 Å². The maximum Gasteiger partial charge on any atom is 0.316 e. The third-order valence-corrected chi connectivity index (χ3v) is 3.10. The van der Waals surface area contributed by atoms with Gasteiger partial charge in [0, 0.05) is 4.90 Å². The van der Waals surface area contributed by atoms with Gasteiger partial charge in [-0.05, 0) is 39.0 Å². The first-order chi connectivity index (χ1) is 8.85. The number of methoxy groups -OCH3 is 1. The van der Waals surface area contributed by atoms with Crippen molar-refractivity contribution in [2.45, 2.75) is 31.3 Å². The van der Waals surface area contributed by atoms with Crippen LogP contribution in [0.5, 0.6) is 5.75 Å². The summed E-state index contributed by atoms with van der Waals surface area (Å²) in [6.07, 6.45) is 0. The number of nitriles is 1. The monoisotopic (exact) mass is 279 g/mol. The van der Waals surface area contributed by atoms with E-state index < -0.39 is 5.60 Å². The van der Waals surface area contributed by atoms with Gasteiger partial charge in [0.2, 0.25) is 0 Å². The molecule has 0 amide bonds. The molecule has 0 bridgehead atoms. The normalized spacial score (nSPS) is 10.7. The second-order valence-corrected chi connectivity index (χ2v) is 5.87. The molecule has 0 fully saturated rings. The van der Waals surface area contributed by atoms with Gasteiger partial charge in [-0.2, -0.15) is 5.26 Å². The number of hydrogen-bond donors (Lipinski definition) is 0. The molecule has 0 N–H and O–H groups in total. The first-order valence-electron chi connectivity index (χ1n) is 5.78. The number of thioether (sulfide) groups is 1. The Kier molecular flexibility index (Phi) is 5.25. The van der Waals surface area contributed by atoms with Gasteiger partial charge < -0.3 is 9.47 Å². The van der Waals surface area contributed by atoms with Crippen LogP contribution in [0.3, 0.4) is 0 Å². The molecule has 0 aliphatic rings. The molecule has 1 aromatic carbocycles. The smallest absolute Gasteiger partial charge is 0.316 e. The second-order valence-electron chi connectivity index (χ2n) is 4.85. The van der Waals surface area contributed by atoms with E-state index in [1.54, 1.807) is 25.3 Å². The fraction of sp³-hybridized carbons (Fsp3) is 0.429. The molecular weight excluding hydrogens is 262 g/mol. The summed E-state index contributed by atoms with van der Waals surface area (Å²) >= 11 is 1.27. The maximum atomic E-state index is 11.6. The lowest BCUT2D eigenvalue weighted by Gasteiger charge is -2.19. The van der Waals surface area contributed by atoms with Crippen molar-refractivity contribution < 1.29 is 14.3 Å². The first-order valence-corrected chi connectivity index (χ1v) is 6.77. The average molecular weight is 279 g/mol. The van der Waals surface area contributed by atoms with Crippen LogP contribution < -0.4 is 4.74 Å². The Hall–Kier alpha value is -1.67. The van der Waals surface area contributed by atoms with Crippen LogP contribution in [0.4, 0.5) is 0 Å². The molecular formula is C14H17NO3S. The predicted molar refractivity (Wildman–Crippen MR) is 74.3 cm³/mol. The number of benzene rings is 1. The Balaban J connectivity index is 2.72. The van der Waals surface area contributed by atoms with Crippen LogP contribution in [-0.4, -0.2) is 24.4 Å². The molecule has 5 heteroatoms. The van der Waals surface area contributed by atoms with Crippen LogP contribution in [0.1, 0.15) is 26.3 Å². The van der Waals surface area contributed by atoms with E-state index in [2.05, 4.69) is 6.07 Å². The highest BCUT2D eigenvalue weighted by molar-refractivity contribution is 8.00. The third kappa shape index (κ3) is 5.23. The SMILES string of the molecule is COc1ccc(C#N)c(SCC(=O)OC(C)(C)C)c1. The molecule has 0 saturated carbocycles. The lowest BCUT2D eigenvalue weighted by molar-refractivity contribution is -0.151. The number of ether oxygens (including phenoxy) is 2. The first kappa shape index (κ1) is 15.4. The molecule has 1 aromatic rings. The minimum atomic E-state index is -0.496. The standard InChI is InChI=1S/C14H17NO3S/c1-14(2,3)18-13(16)9-19-12-7-11(17-4)6-5-10(12)8-15/h5-7H,9H2,1-4H3. The van der Waals surface area contributed by atoms with E-state index in [4.69, 9.17) is 14.7 Å². The summed E-state index contributed by atoms with van der Waals surface area (Å²) in [6.45, 7) is 5.46. The van der Waals surface area contributed by atoms with Crippen molar-refractivity contribution in [2.75, 3.05) is 12.9 Å². The molecule has 102 valence electrons. The molecule has 0 spiro atoms. The van der Waals surface area contributed by atoms with Crippen molar-refractivity contribution in [2.24, 2.45) is 0 Å². The molecule has 0 atom stereocenters. The second kappa shape index (κ2) is 6.48. The van der Waals surface area contributed by atoms with Crippen molar-refractivity contribution in [3.63, 3.8) is 0 Å². The number of esters is 1. The van der Waals surface area contributed by atoms with Crippen LogP contribution in [0.25, 0.3) is 0 Å². The number of carbonyl (C=O) groups is 1. The van der Waals surface area contributed by atoms with E-state index in [0.717, 1.165) is 0 Å². The van der Waals surface area contributed by atoms with Crippen molar-refractivity contribution in [1.82, 2.24) is 0 Å². The van der Waals surface area contributed by atoms with Crippen LogP contribution in [0, 0.1) is 11.3 Å². The summed E-state index contributed by atoms with van der Waals surface area (Å²) < 4.78 is 10.3. The predicted octanol–water partition coefficient (Wildman–Crippen LogP) is 3.00. The molecule has 0 aromatic heterocycles. The zero-order valence-corrected chi connectivity index (χ0v) is 12.3. The Morgan fingerprint density at radius 3 is 2.63 bits per heavy atom. The van der Waals surface area contributed by atoms with Gasteiger partial charge in [0.15, 0.2) is 0 Å². The topological polar surface area (TPSA) is 59.3 Å². The fourth-order valence-electron chi connectivity index (χ4n) is 1.35. The summed E-state index contributed by atoms with van der Waals surface area (Å²) in [7, 11) is 1.56. The maximum absolute atomic E-state index is 11.6. The zero-order valence-electron chi connectivity index (χ0n) is 11.5. The zero-order chi connectivity index (χ0) is 14.5. The minimum Gasteiger partial charge on any atom is -0.497 e. The molecule has 0 aliphatic carbocycles. The van der Waals surface area contributed by atoms with Gasteiger partial charge >= 0.3 is 5.97 Å². The Bertz CT molecular complexity index is 500. The average Bonchev–Trinajstić information content (AvgIpc) is 2.33. The van der Waals surface area contributed by atoms with Gasteiger partial charge in [-0.1, -0.05) is 0 Å². The lowest BCUT2D eigenvalue weighted by atomic mass is 10.2. The summed E-state index contributed by atoms with van der Waals surface area (Å²) in [4.78, 5) is 12.3. The summed E-state index contributed by atoms with van der Waals surface area (Å²) in [5.74, 6) is 0.522. The van der Waals surface area contributed by atoms with Crippen LogP contribution in [0.2, 0.25) is 0 Å². The third-order valence-electron chi connectivity index (χ3n) is 2.07. The van der Waals surface area contributed by atoms with E-state index in [1.807, 2.05) is 20.8 Å². The number of rotatable bonds is 4. The van der Waals surface area contributed by atoms with Crippen molar-refractivity contribution >= 4 is 17.7 Å². The minimum absolute atomic E-state index is 0.166. The van der Waals surface area contributed by atoms with Gasteiger partial charge in [0.05, 0.1) is 18.4 Å².